The molecule has 4 rings (SSSR count). The number of alkyl halides is 3. The summed E-state index contributed by atoms with van der Waals surface area (Å²) in [5, 5.41) is 3.28. The molecular weight excluding hydrogens is 399 g/mol. The first-order valence-electron chi connectivity index (χ1n) is 9.06. The second-order valence-corrected chi connectivity index (χ2v) is 8.44. The summed E-state index contributed by atoms with van der Waals surface area (Å²) in [5.74, 6) is -1.05. The van der Waals surface area contributed by atoms with E-state index in [1.165, 1.54) is 0 Å². The number of carbonyl (C=O) groups is 2. The van der Waals surface area contributed by atoms with Gasteiger partial charge in [-0.25, -0.2) is 9.78 Å². The van der Waals surface area contributed by atoms with Crippen LogP contribution in [0.25, 0.3) is 0 Å². The number of urea groups is 1. The molecule has 28 heavy (non-hydrogen) atoms. The maximum Gasteiger partial charge on any atom is 0.452 e. The van der Waals surface area contributed by atoms with Crippen molar-refractivity contribution < 1.29 is 27.5 Å². The third-order valence-electron chi connectivity index (χ3n) is 5.34. The molecule has 0 saturated carbocycles. The van der Waals surface area contributed by atoms with E-state index >= 15 is 0 Å². The van der Waals surface area contributed by atoms with Crippen LogP contribution in [-0.2, 0) is 22.1 Å². The van der Waals surface area contributed by atoms with Gasteiger partial charge in [0.2, 0.25) is 11.7 Å². The van der Waals surface area contributed by atoms with Gasteiger partial charge in [0.05, 0.1) is 12.1 Å². The summed E-state index contributed by atoms with van der Waals surface area (Å²) in [4.78, 5) is 31.1. The number of halogens is 3. The van der Waals surface area contributed by atoms with Gasteiger partial charge in [-0.2, -0.15) is 17.5 Å². The van der Waals surface area contributed by atoms with Gasteiger partial charge in [0, 0.05) is 32.6 Å². The molecule has 8 nitrogen and oxygen atoms in total. The lowest BCUT2D eigenvalue weighted by molar-refractivity contribution is -0.144. The Morgan fingerprint density at radius 1 is 1.29 bits per heavy atom. The highest BCUT2D eigenvalue weighted by atomic mass is 32.1. The first-order valence-corrected chi connectivity index (χ1v) is 9.84. The third-order valence-corrected chi connectivity index (χ3v) is 6.08. The van der Waals surface area contributed by atoms with Crippen molar-refractivity contribution in [3.05, 3.63) is 10.8 Å². The largest absolute Gasteiger partial charge is 0.452 e. The summed E-state index contributed by atoms with van der Waals surface area (Å²) in [6, 6.07) is -0.0702. The number of nitrogens with one attached hydrogen (secondary N) is 1. The minimum Gasteiger partial charge on any atom is -0.369 e. The van der Waals surface area contributed by atoms with Crippen LogP contribution in [0, 0.1) is 5.92 Å². The zero-order valence-corrected chi connectivity index (χ0v) is 15.8. The van der Waals surface area contributed by atoms with Gasteiger partial charge >= 0.3 is 12.2 Å². The van der Waals surface area contributed by atoms with Crippen molar-refractivity contribution in [1.82, 2.24) is 24.5 Å². The number of piperidine rings is 1. The van der Waals surface area contributed by atoms with E-state index in [1.54, 1.807) is 9.80 Å². The van der Waals surface area contributed by atoms with Crippen molar-refractivity contribution >= 4 is 23.5 Å². The van der Waals surface area contributed by atoms with Gasteiger partial charge in [0.25, 0.3) is 0 Å². The fraction of sp³-hybridized carbons (Fsp3) is 0.750. The molecule has 0 aliphatic carbocycles. The first kappa shape index (κ1) is 19.4. The fourth-order valence-electron chi connectivity index (χ4n) is 3.93. The standard InChI is InChI=1S/C16H20F3N5O3S/c17-16(18,19)13-20-12(28-22-13)5-10-1-3-23(4-2-10)14(26)24-7-15(8-24)9-27-6-11(25)21-15/h10H,1-9H2,(H,21,25). The molecule has 3 saturated heterocycles. The second kappa shape index (κ2) is 7.14. The van der Waals surface area contributed by atoms with Crippen LogP contribution >= 0.6 is 11.5 Å². The SMILES string of the molecule is O=C1COCC2(CN(C(=O)N3CCC(Cc4nc(C(F)(F)F)ns4)CC3)C2)N1. The zero-order chi connectivity index (χ0) is 19.9. The van der Waals surface area contributed by atoms with E-state index < -0.39 is 17.5 Å². The molecule has 4 heterocycles. The van der Waals surface area contributed by atoms with Crippen molar-refractivity contribution in [2.45, 2.75) is 31.0 Å². The molecule has 0 bridgehead atoms. The first-order chi connectivity index (χ1) is 13.2. The molecule has 0 radical (unpaired) electrons. The van der Waals surface area contributed by atoms with Gasteiger partial charge in [0.1, 0.15) is 11.6 Å². The van der Waals surface area contributed by atoms with Gasteiger partial charge in [-0.05, 0) is 30.3 Å². The number of aromatic nitrogens is 2. The van der Waals surface area contributed by atoms with Crippen molar-refractivity contribution in [3.63, 3.8) is 0 Å². The van der Waals surface area contributed by atoms with E-state index in [2.05, 4.69) is 14.7 Å². The maximum atomic E-state index is 12.6. The number of morpholine rings is 1. The molecule has 1 N–H and O–H groups in total. The van der Waals surface area contributed by atoms with Crippen molar-refractivity contribution in [2.75, 3.05) is 39.4 Å². The average Bonchev–Trinajstić information content (AvgIpc) is 3.08. The lowest BCUT2D eigenvalue weighted by Gasteiger charge is -2.52. The van der Waals surface area contributed by atoms with E-state index in [-0.39, 0.29) is 24.5 Å². The van der Waals surface area contributed by atoms with E-state index in [0.717, 1.165) is 11.5 Å². The molecule has 3 aliphatic rings. The molecule has 12 heteroatoms. The quantitative estimate of drug-likeness (QED) is 0.777. The molecular formula is C16H20F3N5O3S. The highest BCUT2D eigenvalue weighted by Gasteiger charge is 2.49. The number of hydrogen-bond donors (Lipinski definition) is 1. The molecule has 3 aliphatic heterocycles. The molecule has 0 unspecified atom stereocenters. The van der Waals surface area contributed by atoms with Gasteiger partial charge in [-0.15, -0.1) is 0 Å². The van der Waals surface area contributed by atoms with Crippen molar-refractivity contribution in [2.24, 2.45) is 5.92 Å². The second-order valence-electron chi connectivity index (χ2n) is 7.60. The molecule has 3 fully saturated rings. The van der Waals surface area contributed by atoms with Gasteiger partial charge in [-0.1, -0.05) is 0 Å². The minimum absolute atomic E-state index is 0.0578. The van der Waals surface area contributed by atoms with E-state index in [9.17, 15) is 22.8 Å². The number of hydrogen-bond acceptors (Lipinski definition) is 6. The fourth-order valence-corrected chi connectivity index (χ4v) is 4.70. The van der Waals surface area contributed by atoms with E-state index in [4.69, 9.17) is 4.74 Å². The predicted octanol–water partition coefficient (Wildman–Crippen LogP) is 1.13. The smallest absolute Gasteiger partial charge is 0.369 e. The van der Waals surface area contributed by atoms with Crippen LogP contribution in [0.15, 0.2) is 0 Å². The predicted molar refractivity (Wildman–Crippen MR) is 91.6 cm³/mol. The van der Waals surface area contributed by atoms with Crippen LogP contribution in [0.4, 0.5) is 18.0 Å². The van der Waals surface area contributed by atoms with Crippen LogP contribution in [0.5, 0.6) is 0 Å². The lowest BCUT2D eigenvalue weighted by Crippen LogP contribution is -2.76. The van der Waals surface area contributed by atoms with E-state index in [1.807, 2.05) is 0 Å². The van der Waals surface area contributed by atoms with Crippen LogP contribution in [-0.4, -0.2) is 76.0 Å². The summed E-state index contributed by atoms with van der Waals surface area (Å²) in [6.07, 6.45) is -2.63. The Morgan fingerprint density at radius 3 is 2.61 bits per heavy atom. The third kappa shape index (κ3) is 3.93. The van der Waals surface area contributed by atoms with Crippen LogP contribution < -0.4 is 5.32 Å². The summed E-state index contributed by atoms with van der Waals surface area (Å²) in [6.45, 7) is 2.45. The van der Waals surface area contributed by atoms with Crippen molar-refractivity contribution in [1.29, 1.82) is 0 Å². The Morgan fingerprint density at radius 2 is 2.00 bits per heavy atom. The number of amides is 3. The number of ether oxygens (including phenoxy) is 1. The Bertz CT molecular complexity index is 757. The average molecular weight is 419 g/mol. The molecule has 0 atom stereocenters. The Labute approximate surface area is 163 Å². The summed E-state index contributed by atoms with van der Waals surface area (Å²) in [7, 11) is 0. The topological polar surface area (TPSA) is 87.7 Å². The summed E-state index contributed by atoms with van der Waals surface area (Å²) < 4.78 is 46.4. The molecule has 0 aromatic carbocycles. The van der Waals surface area contributed by atoms with Gasteiger partial charge in [-0.3, -0.25) is 4.79 Å². The summed E-state index contributed by atoms with van der Waals surface area (Å²) in [5.41, 5.74) is -0.461. The van der Waals surface area contributed by atoms with Gasteiger partial charge < -0.3 is 19.9 Å². The van der Waals surface area contributed by atoms with Crippen LogP contribution in [0.1, 0.15) is 23.7 Å². The van der Waals surface area contributed by atoms with E-state index in [0.29, 0.717) is 57.1 Å². The van der Waals surface area contributed by atoms with Crippen LogP contribution in [0.3, 0.4) is 0 Å². The monoisotopic (exact) mass is 419 g/mol. The molecule has 3 amide bonds. The number of rotatable bonds is 2. The maximum absolute atomic E-state index is 12.6. The molecule has 1 aromatic heterocycles. The number of likely N-dealkylation sites (tertiary alicyclic amines) is 2. The molecule has 1 spiro atoms. The highest BCUT2D eigenvalue weighted by molar-refractivity contribution is 7.05. The summed E-state index contributed by atoms with van der Waals surface area (Å²) >= 11 is 0.791. The number of carbonyl (C=O) groups excluding carboxylic acids is 2. The van der Waals surface area contributed by atoms with Crippen molar-refractivity contribution in [3.8, 4) is 0 Å². The Kier molecular flexibility index (Phi) is 4.94. The number of nitrogens with zero attached hydrogens (tertiary/aromatic N) is 4. The minimum atomic E-state index is -4.51. The zero-order valence-electron chi connectivity index (χ0n) is 15.0. The Hall–Kier alpha value is -1.95. The van der Waals surface area contributed by atoms with Crippen LogP contribution in [0.2, 0.25) is 0 Å². The van der Waals surface area contributed by atoms with Gasteiger partial charge in [0.15, 0.2) is 0 Å². The normalized spacial score (nSPS) is 22.9. The highest BCUT2D eigenvalue weighted by Crippen LogP contribution is 2.30. The molecule has 154 valence electrons. The molecule has 1 aromatic rings. The lowest BCUT2D eigenvalue weighted by atomic mass is 9.89. The Balaban J connectivity index is 1.24.